The minimum Gasteiger partial charge on any atom is -0.481 e. The number of ether oxygens (including phenoxy) is 4. The van der Waals surface area contributed by atoms with Crippen LogP contribution in [-0.4, -0.2) is 237 Å². The number of halogens is 11. The lowest BCUT2D eigenvalue weighted by Crippen LogP contribution is -2.64. The molecule has 30 nitrogen and oxygen atoms in total. The molecular weight excluding hydrogens is 1940 g/mol. The standard InChI is InChI=1S/C21H20BrFN4O4S.C21H19ClF2N4O4S.C21H20ClFN4O4S.C20H18BrF3N4O2S/c1-2-31-21(30)16-15(10-27-8-11(9-27)20(28)29)25-18(19-24-5-6-32-19)26-17(16)13-4-3-12(23)7-14(13)22;1-2-32-19(29)15-14(8-28-9-21(24,10-28)20(30)31)26-17(18-25-5-6-33-18)27-16(15)12-4-3-11(23)7-13(12)22;1-2-31-21(30)16-15(10-27-8-11(9-27)20(28)29)25-18(19-24-5-6-32-19)26-17(16)13-4-3-12(23)7-14(13)22;1-2-30-19(29)15-14(8-28-9-20(23,24)10-28)26-17(18-25-5-6-31-18)27-16(15)12-4-3-11(22)7-13(12)21/h3-7,11,17H,2,8-10H2,1H3,(H,25,26)(H,28,29);3-7,16H,2,8-10H2,1H3,(H,26,27)(H,30,31);3-7,11,17H,2,8-10H2,1H3,(H,25,26)(H,28,29);3-7,16H,2,8-10H2,1H3,(H,26,27)/t17-;16-;17-;16-/m0000/s1. The number of amidine groups is 4. The van der Waals surface area contributed by atoms with Gasteiger partial charge >= 0.3 is 41.8 Å². The van der Waals surface area contributed by atoms with Crippen LogP contribution in [0.2, 0.25) is 10.0 Å². The van der Waals surface area contributed by atoms with Crippen molar-refractivity contribution in [1.82, 2.24) is 60.8 Å². The molecule has 0 unspecified atom stereocenters. The summed E-state index contributed by atoms with van der Waals surface area (Å²) in [7, 11) is 0. The number of nitrogens with one attached hydrogen (secondary N) is 4. The van der Waals surface area contributed by atoms with E-state index in [2.05, 4.69) is 88.0 Å². The van der Waals surface area contributed by atoms with E-state index < -0.39 is 126 Å². The van der Waals surface area contributed by atoms with Crippen LogP contribution in [0.15, 0.2) is 193 Å². The molecule has 8 aliphatic rings. The zero-order valence-corrected chi connectivity index (χ0v) is 75.8. The number of benzene rings is 4. The maximum absolute atomic E-state index is 14.3. The topological polar surface area (TPSA) is 379 Å². The van der Waals surface area contributed by atoms with Crippen LogP contribution in [0.1, 0.15) is 94.1 Å². The largest absolute Gasteiger partial charge is 0.481 e. The molecule has 0 aliphatic carbocycles. The van der Waals surface area contributed by atoms with E-state index in [-0.39, 0.29) is 85.9 Å². The first kappa shape index (κ1) is 95.0. The molecule has 8 aromatic rings. The second-order valence-corrected chi connectivity index (χ2v) is 35.5. The van der Waals surface area contributed by atoms with E-state index in [0.717, 1.165) is 6.07 Å². The zero-order chi connectivity index (χ0) is 91.6. The van der Waals surface area contributed by atoms with E-state index in [0.29, 0.717) is 136 Å². The van der Waals surface area contributed by atoms with Crippen LogP contribution >= 0.6 is 100 Å². The van der Waals surface area contributed by atoms with E-state index in [1.807, 2.05) is 15.2 Å². The Morgan fingerprint density at radius 3 is 0.930 bits per heavy atom. The quantitative estimate of drug-likeness (QED) is 0.0143. The average molecular weight is 2010 g/mol. The molecule has 8 aliphatic heterocycles. The Morgan fingerprint density at radius 1 is 0.422 bits per heavy atom. The summed E-state index contributed by atoms with van der Waals surface area (Å²) in [6.07, 6.45) is 6.51. The molecule has 4 saturated heterocycles. The number of aliphatic imine (C=N–C) groups is 4. The first-order chi connectivity index (χ1) is 61.2. The number of aliphatic carboxylic acids is 3. The molecule has 4 atom stereocenters. The number of hydrogen-bond donors (Lipinski definition) is 7. The first-order valence-electron chi connectivity index (χ1n) is 39.3. The summed E-state index contributed by atoms with van der Waals surface area (Å²) in [4.78, 5) is 128. The molecule has 45 heteroatoms. The number of carboxylic acids is 3. The highest BCUT2D eigenvalue weighted by Crippen LogP contribution is 2.44. The van der Waals surface area contributed by atoms with Gasteiger partial charge in [0.1, 0.15) is 47.4 Å². The minimum absolute atomic E-state index is 0.0345. The summed E-state index contributed by atoms with van der Waals surface area (Å²) in [6, 6.07) is 12.7. The third kappa shape index (κ3) is 22.5. The number of alkyl halides is 3. The Bertz CT molecular complexity index is 5620. The van der Waals surface area contributed by atoms with Gasteiger partial charge in [-0.3, -0.25) is 49.2 Å². The molecule has 0 radical (unpaired) electrons. The molecule has 4 fully saturated rings. The zero-order valence-electron chi connectivity index (χ0n) is 67.8. The van der Waals surface area contributed by atoms with Crippen LogP contribution in [0.3, 0.4) is 0 Å². The first-order valence-corrected chi connectivity index (χ1v) is 45.1. The second kappa shape index (κ2) is 41.9. The third-order valence-electron chi connectivity index (χ3n) is 20.4. The van der Waals surface area contributed by atoms with E-state index in [9.17, 15) is 74.5 Å². The van der Waals surface area contributed by atoms with Crippen molar-refractivity contribution >= 4 is 166 Å². The van der Waals surface area contributed by atoms with Gasteiger partial charge < -0.3 is 55.5 Å². The number of thiazole rings is 4. The van der Waals surface area contributed by atoms with Crippen molar-refractivity contribution in [3.05, 3.63) is 249 Å². The Labute approximate surface area is 768 Å². The average Bonchev–Trinajstić information content (AvgIpc) is 1.01. The summed E-state index contributed by atoms with van der Waals surface area (Å²) in [5.41, 5.74) is 2.37. The highest BCUT2D eigenvalue weighted by atomic mass is 79.9. The number of carboxylic acid groups (broad SMARTS) is 3. The molecule has 128 heavy (non-hydrogen) atoms. The second-order valence-electron chi connectivity index (χ2n) is 29.4. The van der Waals surface area contributed by atoms with Crippen LogP contribution in [-0.2, 0) is 52.5 Å². The Balaban J connectivity index is 0.000000146. The lowest BCUT2D eigenvalue weighted by Gasteiger charge is -2.42. The molecule has 7 N–H and O–H groups in total. The smallest absolute Gasteiger partial charge is 0.344 e. The van der Waals surface area contributed by atoms with E-state index in [1.165, 1.54) is 111 Å². The highest BCUT2D eigenvalue weighted by molar-refractivity contribution is 9.10. The van der Waals surface area contributed by atoms with Gasteiger partial charge in [-0.15, -0.1) is 45.3 Å². The molecule has 4 aromatic carbocycles. The van der Waals surface area contributed by atoms with Gasteiger partial charge in [-0.25, -0.2) is 74.6 Å². The van der Waals surface area contributed by atoms with Gasteiger partial charge in [0, 0.05) is 165 Å². The van der Waals surface area contributed by atoms with Crippen molar-refractivity contribution < 1.29 is 98.6 Å². The molecule has 16 rings (SSSR count). The predicted octanol–water partition coefficient (Wildman–Crippen LogP) is 12.7. The molecule has 0 spiro atoms. The number of hydrogen-bond acceptors (Lipinski definition) is 31. The molecule has 674 valence electrons. The van der Waals surface area contributed by atoms with Crippen LogP contribution in [0, 0.1) is 35.1 Å². The monoisotopic (exact) mass is 2010 g/mol. The Morgan fingerprint density at radius 2 is 0.688 bits per heavy atom. The molecular formula is C83H77Br2Cl2F7N16O14S4. The normalized spacial score (nSPS) is 19.8. The van der Waals surface area contributed by atoms with E-state index >= 15 is 0 Å². The van der Waals surface area contributed by atoms with Gasteiger partial charge in [-0.1, -0.05) is 79.3 Å². The van der Waals surface area contributed by atoms with Gasteiger partial charge in [-0.05, 0) is 87.4 Å². The number of rotatable bonds is 27. The number of likely N-dealkylation sites (tertiary alicyclic amines) is 4. The van der Waals surface area contributed by atoms with Gasteiger partial charge in [0.2, 0.25) is 5.67 Å². The van der Waals surface area contributed by atoms with E-state index in [4.69, 9.17) is 52.2 Å². The van der Waals surface area contributed by atoms with Crippen molar-refractivity contribution in [3.63, 3.8) is 0 Å². The number of esters is 4. The van der Waals surface area contributed by atoms with E-state index in [1.54, 1.807) is 79.6 Å². The summed E-state index contributed by atoms with van der Waals surface area (Å²) >= 11 is 24.8. The summed E-state index contributed by atoms with van der Waals surface area (Å²) in [5.74, 6) is -9.44. The van der Waals surface area contributed by atoms with Gasteiger partial charge in [0.05, 0.1) is 73.6 Å². The molecule has 0 bridgehead atoms. The number of carbonyl (C=O) groups is 7. The lowest BCUT2D eigenvalue weighted by atomic mass is 9.93. The van der Waals surface area contributed by atoms with Gasteiger partial charge in [0.15, 0.2) is 43.4 Å². The fraction of sp³-hybridized carbons (Fsp3) is 0.337. The van der Waals surface area contributed by atoms with Gasteiger partial charge in [-0.2, -0.15) is 0 Å². The van der Waals surface area contributed by atoms with Crippen molar-refractivity contribution in [2.24, 2.45) is 31.8 Å². The molecule has 12 heterocycles. The van der Waals surface area contributed by atoms with Crippen molar-refractivity contribution in [1.29, 1.82) is 0 Å². The van der Waals surface area contributed by atoms with Crippen molar-refractivity contribution in [3.8, 4) is 0 Å². The lowest BCUT2D eigenvalue weighted by molar-refractivity contribution is -0.163. The Hall–Kier alpha value is -10.6. The minimum atomic E-state index is -2.75. The predicted molar refractivity (Wildman–Crippen MR) is 468 cm³/mol. The molecule has 0 amide bonds. The maximum Gasteiger partial charge on any atom is 0.344 e. The van der Waals surface area contributed by atoms with Gasteiger partial charge in [0.25, 0.3) is 5.92 Å². The number of carbonyl (C=O) groups excluding carboxylic acids is 4. The summed E-state index contributed by atoms with van der Waals surface area (Å²) in [5, 5.41) is 49.7. The Kier molecular flexibility index (Phi) is 31.1. The molecule has 0 saturated carbocycles. The maximum atomic E-state index is 14.3. The fourth-order valence-corrected chi connectivity index (χ4v) is 18.5. The number of nitrogens with zero attached hydrogens (tertiary/aromatic N) is 12. The van der Waals surface area contributed by atoms with Crippen molar-refractivity contribution in [2.45, 2.75) is 63.5 Å². The SMILES string of the molecule is CCOC(=O)C1=C(CN2CC(C(=O)O)C2)NC(c2nccs2)=N[C@H]1c1ccc(F)cc1Br.CCOC(=O)C1=C(CN2CC(C(=O)O)C2)NC(c2nccs2)=N[C@H]1c1ccc(F)cc1Cl.CCOC(=O)C1=C(CN2CC(F)(C(=O)O)C2)NC(c2nccs2)=N[C@H]1c1ccc(F)cc1Cl.CCOC(=O)C1=C(CN2CC(F)(F)C2)NC(c2nccs2)=N[C@H]1c1ccc(F)cc1Br. The van der Waals surface area contributed by atoms with Crippen LogP contribution in [0.5, 0.6) is 0 Å². The molecule has 4 aromatic heterocycles. The highest BCUT2D eigenvalue weighted by Gasteiger charge is 2.52. The summed E-state index contributed by atoms with van der Waals surface area (Å²) < 4.78 is 118. The number of aromatic nitrogens is 4. The van der Waals surface area contributed by atoms with Crippen LogP contribution in [0.25, 0.3) is 0 Å². The fourth-order valence-electron chi connectivity index (χ4n) is 14.5. The summed E-state index contributed by atoms with van der Waals surface area (Å²) in [6.45, 7) is 8.06. The van der Waals surface area contributed by atoms with Crippen LogP contribution < -0.4 is 21.3 Å². The third-order valence-corrected chi connectivity index (χ3v) is 25.6. The van der Waals surface area contributed by atoms with Crippen molar-refractivity contribution in [2.75, 3.05) is 105 Å². The van der Waals surface area contributed by atoms with Crippen LogP contribution in [0.4, 0.5) is 30.7 Å².